The van der Waals surface area contributed by atoms with Gasteiger partial charge in [-0.2, -0.15) is 0 Å². The Bertz CT molecular complexity index is 1350. The van der Waals surface area contributed by atoms with Crippen molar-refractivity contribution in [2.45, 2.75) is 20.0 Å². The van der Waals surface area contributed by atoms with Gasteiger partial charge in [0, 0.05) is 18.3 Å². The highest BCUT2D eigenvalue weighted by atomic mass is 16.2. The standard InChI is InChI=1S/C22H21N5O3/c1-14-8-6-7-11-16(14)23-12-18-24-20-19(21(29)25-22(30)26(20)2)27(18)13-17(28)15-9-4-3-5-10-15/h3-11,23H,12-13H2,1-2H3,(H,25,29,30). The highest BCUT2D eigenvalue weighted by Crippen LogP contribution is 2.17. The number of imidazole rings is 1. The van der Waals surface area contributed by atoms with Gasteiger partial charge < -0.3 is 9.88 Å². The highest BCUT2D eigenvalue weighted by Gasteiger charge is 2.19. The van der Waals surface area contributed by atoms with Crippen molar-refractivity contribution in [3.8, 4) is 0 Å². The van der Waals surface area contributed by atoms with Gasteiger partial charge in [-0.05, 0) is 18.6 Å². The Morgan fingerprint density at radius 2 is 1.77 bits per heavy atom. The number of nitrogens with one attached hydrogen (secondary N) is 2. The van der Waals surface area contributed by atoms with Crippen LogP contribution >= 0.6 is 0 Å². The molecule has 8 nitrogen and oxygen atoms in total. The predicted molar refractivity (Wildman–Crippen MR) is 115 cm³/mol. The summed E-state index contributed by atoms with van der Waals surface area (Å²) in [6.45, 7) is 2.21. The lowest BCUT2D eigenvalue weighted by Crippen LogP contribution is -2.29. The number of fused-ring (bicyclic) bond motifs is 1. The molecule has 2 aromatic carbocycles. The summed E-state index contributed by atoms with van der Waals surface area (Å²) in [6.07, 6.45) is 0. The number of carbonyl (C=O) groups is 1. The summed E-state index contributed by atoms with van der Waals surface area (Å²) in [4.78, 5) is 44.2. The fourth-order valence-electron chi connectivity index (χ4n) is 3.39. The summed E-state index contributed by atoms with van der Waals surface area (Å²) in [5, 5.41) is 3.30. The molecule has 0 saturated heterocycles. The van der Waals surface area contributed by atoms with Crippen molar-refractivity contribution in [2.75, 3.05) is 5.32 Å². The Kier molecular flexibility index (Phi) is 5.05. The van der Waals surface area contributed by atoms with Crippen molar-refractivity contribution in [3.63, 3.8) is 0 Å². The molecule has 30 heavy (non-hydrogen) atoms. The third kappa shape index (κ3) is 3.55. The van der Waals surface area contributed by atoms with Gasteiger partial charge in [-0.15, -0.1) is 0 Å². The Morgan fingerprint density at radius 3 is 2.50 bits per heavy atom. The number of aryl methyl sites for hydroxylation is 2. The Labute approximate surface area is 171 Å². The van der Waals surface area contributed by atoms with E-state index in [0.29, 0.717) is 11.4 Å². The lowest BCUT2D eigenvalue weighted by atomic mass is 10.1. The number of nitrogens with zero attached hydrogens (tertiary/aromatic N) is 3. The Morgan fingerprint density at radius 1 is 1.07 bits per heavy atom. The number of benzene rings is 2. The topological polar surface area (TPSA) is 102 Å². The molecule has 4 aromatic rings. The van der Waals surface area contributed by atoms with Crippen molar-refractivity contribution < 1.29 is 4.79 Å². The van der Waals surface area contributed by atoms with Crippen molar-refractivity contribution in [3.05, 3.63) is 92.4 Å². The van der Waals surface area contributed by atoms with E-state index in [2.05, 4.69) is 15.3 Å². The minimum Gasteiger partial charge on any atom is -0.378 e. The zero-order valence-electron chi connectivity index (χ0n) is 16.7. The number of aromatic amines is 1. The molecule has 0 unspecified atom stereocenters. The smallest absolute Gasteiger partial charge is 0.329 e. The number of hydrogen-bond donors (Lipinski definition) is 2. The van der Waals surface area contributed by atoms with Gasteiger partial charge in [-0.1, -0.05) is 48.5 Å². The maximum absolute atomic E-state index is 12.8. The van der Waals surface area contributed by atoms with Crippen molar-refractivity contribution in [2.24, 2.45) is 7.05 Å². The first-order valence-electron chi connectivity index (χ1n) is 9.52. The first kappa shape index (κ1) is 19.4. The van der Waals surface area contributed by atoms with Gasteiger partial charge in [0.05, 0.1) is 13.1 Å². The number of ketones is 1. The third-order valence-electron chi connectivity index (χ3n) is 5.07. The SMILES string of the molecule is Cc1ccccc1NCc1nc2c(c(=O)[nH]c(=O)n2C)n1CC(=O)c1ccccc1. The van der Waals surface area contributed by atoms with E-state index in [9.17, 15) is 14.4 Å². The molecule has 0 aliphatic rings. The molecule has 0 aliphatic heterocycles. The number of aromatic nitrogens is 4. The Balaban J connectivity index is 1.79. The van der Waals surface area contributed by atoms with Crippen LogP contribution in [-0.4, -0.2) is 24.9 Å². The van der Waals surface area contributed by atoms with Crippen LogP contribution in [0.1, 0.15) is 21.7 Å². The van der Waals surface area contributed by atoms with Gasteiger partial charge in [0.1, 0.15) is 5.82 Å². The van der Waals surface area contributed by atoms with Crippen LogP contribution in [0.2, 0.25) is 0 Å². The average molecular weight is 403 g/mol. The molecule has 0 amide bonds. The first-order valence-corrected chi connectivity index (χ1v) is 9.52. The summed E-state index contributed by atoms with van der Waals surface area (Å²) < 4.78 is 2.85. The van der Waals surface area contributed by atoms with Crippen molar-refractivity contribution in [1.29, 1.82) is 0 Å². The lowest BCUT2D eigenvalue weighted by Gasteiger charge is -2.11. The number of hydrogen-bond acceptors (Lipinski definition) is 5. The van der Waals surface area contributed by atoms with Gasteiger partial charge in [0.2, 0.25) is 0 Å². The van der Waals surface area contributed by atoms with E-state index in [1.165, 1.54) is 11.6 Å². The molecule has 0 radical (unpaired) electrons. The molecule has 2 heterocycles. The molecule has 8 heteroatoms. The van der Waals surface area contributed by atoms with Gasteiger partial charge >= 0.3 is 5.69 Å². The third-order valence-corrected chi connectivity index (χ3v) is 5.07. The molecular formula is C22H21N5O3. The first-order chi connectivity index (χ1) is 14.5. The summed E-state index contributed by atoms with van der Waals surface area (Å²) in [5.74, 6) is 0.338. The van der Waals surface area contributed by atoms with Crippen LogP contribution in [0, 0.1) is 6.92 Å². The monoisotopic (exact) mass is 403 g/mol. The zero-order valence-corrected chi connectivity index (χ0v) is 16.7. The number of rotatable bonds is 6. The summed E-state index contributed by atoms with van der Waals surface area (Å²) in [7, 11) is 1.54. The molecule has 4 rings (SSSR count). The second-order valence-electron chi connectivity index (χ2n) is 7.06. The van der Waals surface area contributed by atoms with E-state index in [1.807, 2.05) is 37.3 Å². The van der Waals surface area contributed by atoms with E-state index in [-0.39, 0.29) is 30.0 Å². The average Bonchev–Trinajstić information content (AvgIpc) is 3.11. The Hall–Kier alpha value is -3.94. The fraction of sp³-hybridized carbons (Fsp3) is 0.182. The maximum atomic E-state index is 12.8. The number of anilines is 1. The molecule has 152 valence electrons. The van der Waals surface area contributed by atoms with Gasteiger partial charge in [0.25, 0.3) is 5.56 Å². The number of Topliss-reactive ketones (excluding diaryl/α,β-unsaturated/α-hetero) is 1. The minimum atomic E-state index is -0.566. The molecule has 0 bridgehead atoms. The molecular weight excluding hydrogens is 382 g/mol. The summed E-state index contributed by atoms with van der Waals surface area (Å²) >= 11 is 0. The minimum absolute atomic E-state index is 0.0629. The molecule has 0 fully saturated rings. The van der Waals surface area contributed by atoms with Crippen LogP contribution in [0.25, 0.3) is 11.2 Å². The summed E-state index contributed by atoms with van der Waals surface area (Å²) in [5.41, 5.74) is 1.85. The molecule has 0 aliphatic carbocycles. The number of carbonyl (C=O) groups excluding carboxylic acids is 1. The number of para-hydroxylation sites is 1. The van der Waals surface area contributed by atoms with Crippen molar-refractivity contribution in [1.82, 2.24) is 19.1 Å². The van der Waals surface area contributed by atoms with Crippen LogP contribution in [0.15, 0.2) is 64.2 Å². The fourth-order valence-corrected chi connectivity index (χ4v) is 3.39. The largest absolute Gasteiger partial charge is 0.378 e. The maximum Gasteiger partial charge on any atom is 0.329 e. The van der Waals surface area contributed by atoms with Crippen LogP contribution in [-0.2, 0) is 20.1 Å². The predicted octanol–water partition coefficient (Wildman–Crippen LogP) is 2.23. The lowest BCUT2D eigenvalue weighted by molar-refractivity contribution is 0.0972. The van der Waals surface area contributed by atoms with E-state index < -0.39 is 11.2 Å². The van der Waals surface area contributed by atoms with Gasteiger partial charge in [-0.3, -0.25) is 19.1 Å². The zero-order chi connectivity index (χ0) is 21.3. The quantitative estimate of drug-likeness (QED) is 0.481. The summed E-state index contributed by atoms with van der Waals surface area (Å²) in [6, 6.07) is 16.7. The van der Waals surface area contributed by atoms with Crippen LogP contribution < -0.4 is 16.6 Å². The normalized spacial score (nSPS) is 11.0. The molecule has 0 saturated carbocycles. The number of H-pyrrole nitrogens is 1. The molecule has 2 aromatic heterocycles. The van der Waals surface area contributed by atoms with E-state index in [4.69, 9.17) is 0 Å². The van der Waals surface area contributed by atoms with Gasteiger partial charge in [-0.25, -0.2) is 9.78 Å². The second-order valence-corrected chi connectivity index (χ2v) is 7.06. The van der Waals surface area contributed by atoms with Crippen LogP contribution in [0.3, 0.4) is 0 Å². The van der Waals surface area contributed by atoms with Gasteiger partial charge in [0.15, 0.2) is 16.9 Å². The van der Waals surface area contributed by atoms with E-state index >= 15 is 0 Å². The molecule has 0 atom stereocenters. The van der Waals surface area contributed by atoms with Crippen LogP contribution in [0.5, 0.6) is 0 Å². The second kappa shape index (κ2) is 7.82. The molecule has 0 spiro atoms. The molecule has 2 N–H and O–H groups in total. The van der Waals surface area contributed by atoms with E-state index in [1.54, 1.807) is 28.8 Å². The van der Waals surface area contributed by atoms with E-state index in [0.717, 1.165) is 11.3 Å². The highest BCUT2D eigenvalue weighted by molar-refractivity contribution is 5.96. The van der Waals surface area contributed by atoms with Crippen molar-refractivity contribution >= 4 is 22.6 Å². The van der Waals surface area contributed by atoms with Crippen LogP contribution in [0.4, 0.5) is 5.69 Å².